The largest absolute Gasteiger partial charge is 0.444 e. The maximum absolute atomic E-state index is 12.2. The highest BCUT2D eigenvalue weighted by Crippen LogP contribution is 2.33. The van der Waals surface area contributed by atoms with E-state index in [2.05, 4.69) is 4.98 Å². The van der Waals surface area contributed by atoms with E-state index in [1.807, 2.05) is 32.9 Å². The SMILES string of the molecule is CC(C)(C)OC(=O)N1CCCC1c1ccnc(CO)c1. The first-order valence-electron chi connectivity index (χ1n) is 6.96. The zero-order chi connectivity index (χ0) is 14.8. The minimum Gasteiger partial charge on any atom is -0.444 e. The van der Waals surface area contributed by atoms with E-state index in [-0.39, 0.29) is 18.7 Å². The molecule has 1 aromatic heterocycles. The molecular weight excluding hydrogens is 256 g/mol. The summed E-state index contributed by atoms with van der Waals surface area (Å²) in [6.07, 6.45) is 3.27. The van der Waals surface area contributed by atoms with Crippen LogP contribution in [0, 0.1) is 0 Å². The number of nitrogens with zero attached hydrogens (tertiary/aromatic N) is 2. The van der Waals surface area contributed by atoms with Gasteiger partial charge in [0, 0.05) is 12.7 Å². The summed E-state index contributed by atoms with van der Waals surface area (Å²) in [5.41, 5.74) is 1.14. The molecule has 5 heteroatoms. The maximum Gasteiger partial charge on any atom is 0.410 e. The summed E-state index contributed by atoms with van der Waals surface area (Å²) in [7, 11) is 0. The molecule has 0 aliphatic carbocycles. The molecule has 20 heavy (non-hydrogen) atoms. The second-order valence-electron chi connectivity index (χ2n) is 6.07. The van der Waals surface area contributed by atoms with Gasteiger partial charge in [-0.1, -0.05) is 0 Å². The summed E-state index contributed by atoms with van der Waals surface area (Å²) in [5, 5.41) is 9.17. The maximum atomic E-state index is 12.2. The third-order valence-corrected chi connectivity index (χ3v) is 3.27. The number of aliphatic hydroxyl groups excluding tert-OH is 1. The Morgan fingerprint density at radius 2 is 2.30 bits per heavy atom. The molecule has 2 rings (SSSR count). The van der Waals surface area contributed by atoms with Crippen LogP contribution < -0.4 is 0 Å². The number of amides is 1. The Morgan fingerprint density at radius 1 is 1.55 bits per heavy atom. The molecule has 1 fully saturated rings. The highest BCUT2D eigenvalue weighted by Gasteiger charge is 2.33. The Labute approximate surface area is 119 Å². The molecule has 2 heterocycles. The predicted molar refractivity (Wildman–Crippen MR) is 75.1 cm³/mol. The first kappa shape index (κ1) is 14.8. The van der Waals surface area contributed by atoms with Crippen LogP contribution in [0.1, 0.15) is 50.9 Å². The van der Waals surface area contributed by atoms with Gasteiger partial charge in [0.25, 0.3) is 0 Å². The molecule has 0 bridgehead atoms. The van der Waals surface area contributed by atoms with Crippen molar-refractivity contribution in [2.24, 2.45) is 0 Å². The van der Waals surface area contributed by atoms with Crippen LogP contribution in [-0.2, 0) is 11.3 Å². The molecule has 1 N–H and O–H groups in total. The molecule has 1 amide bonds. The minimum absolute atomic E-state index is 0.0122. The van der Waals surface area contributed by atoms with Gasteiger partial charge in [0.05, 0.1) is 18.3 Å². The molecule has 110 valence electrons. The van der Waals surface area contributed by atoms with Crippen molar-refractivity contribution in [3.8, 4) is 0 Å². The van der Waals surface area contributed by atoms with Crippen LogP contribution >= 0.6 is 0 Å². The van der Waals surface area contributed by atoms with Gasteiger partial charge >= 0.3 is 6.09 Å². The van der Waals surface area contributed by atoms with E-state index in [4.69, 9.17) is 9.84 Å². The molecule has 1 saturated heterocycles. The van der Waals surface area contributed by atoms with Crippen molar-refractivity contribution in [1.29, 1.82) is 0 Å². The quantitative estimate of drug-likeness (QED) is 0.903. The molecule has 0 spiro atoms. The lowest BCUT2D eigenvalue weighted by Crippen LogP contribution is -2.36. The Kier molecular flexibility index (Phi) is 4.28. The monoisotopic (exact) mass is 278 g/mol. The molecule has 0 radical (unpaired) electrons. The number of ether oxygens (including phenoxy) is 1. The summed E-state index contributed by atoms with van der Waals surface area (Å²) < 4.78 is 5.45. The number of carbonyl (C=O) groups excluding carboxylic acids is 1. The Morgan fingerprint density at radius 3 is 2.95 bits per heavy atom. The van der Waals surface area contributed by atoms with Gasteiger partial charge in [-0.05, 0) is 51.3 Å². The number of pyridine rings is 1. The molecule has 1 aliphatic heterocycles. The van der Waals surface area contributed by atoms with Crippen molar-refractivity contribution in [2.45, 2.75) is 51.9 Å². The van der Waals surface area contributed by atoms with Gasteiger partial charge in [0.2, 0.25) is 0 Å². The van der Waals surface area contributed by atoms with Crippen LogP contribution in [0.25, 0.3) is 0 Å². The van der Waals surface area contributed by atoms with Gasteiger partial charge in [-0.2, -0.15) is 0 Å². The highest BCUT2D eigenvalue weighted by atomic mass is 16.6. The van der Waals surface area contributed by atoms with E-state index in [1.165, 1.54) is 0 Å². The first-order valence-corrected chi connectivity index (χ1v) is 6.96. The molecule has 1 aliphatic rings. The molecule has 1 aromatic rings. The van der Waals surface area contributed by atoms with E-state index >= 15 is 0 Å². The molecule has 0 aromatic carbocycles. The third kappa shape index (κ3) is 3.48. The third-order valence-electron chi connectivity index (χ3n) is 3.27. The van der Waals surface area contributed by atoms with Crippen LogP contribution in [0.5, 0.6) is 0 Å². The predicted octanol–water partition coefficient (Wildman–Crippen LogP) is 2.65. The summed E-state index contributed by atoms with van der Waals surface area (Å²) >= 11 is 0. The molecule has 1 unspecified atom stereocenters. The number of likely N-dealkylation sites (tertiary alicyclic amines) is 1. The summed E-state index contributed by atoms with van der Waals surface area (Å²) in [6, 6.07) is 3.76. The van der Waals surface area contributed by atoms with Crippen molar-refractivity contribution >= 4 is 6.09 Å². The van der Waals surface area contributed by atoms with Crippen molar-refractivity contribution < 1.29 is 14.6 Å². The van der Waals surface area contributed by atoms with E-state index in [1.54, 1.807) is 11.1 Å². The average molecular weight is 278 g/mol. The van der Waals surface area contributed by atoms with E-state index in [9.17, 15) is 4.79 Å². The van der Waals surface area contributed by atoms with Gasteiger partial charge in [0.1, 0.15) is 5.60 Å². The van der Waals surface area contributed by atoms with Gasteiger partial charge in [-0.25, -0.2) is 4.79 Å². The number of aliphatic hydroxyl groups is 1. The fraction of sp³-hybridized carbons (Fsp3) is 0.600. The van der Waals surface area contributed by atoms with Crippen LogP contribution in [0.4, 0.5) is 4.79 Å². The first-order chi connectivity index (χ1) is 9.40. The molecule has 5 nitrogen and oxygen atoms in total. The molecular formula is C15H22N2O3. The van der Waals surface area contributed by atoms with Gasteiger partial charge < -0.3 is 14.7 Å². The zero-order valence-corrected chi connectivity index (χ0v) is 12.3. The Balaban J connectivity index is 2.16. The van der Waals surface area contributed by atoms with Gasteiger partial charge in [-0.3, -0.25) is 4.98 Å². The fourth-order valence-electron chi connectivity index (χ4n) is 2.44. The second-order valence-corrected chi connectivity index (χ2v) is 6.07. The van der Waals surface area contributed by atoms with E-state index < -0.39 is 5.60 Å². The Bertz CT molecular complexity index is 482. The summed E-state index contributed by atoms with van der Waals surface area (Å²) in [6.45, 7) is 6.22. The van der Waals surface area contributed by atoms with Crippen LogP contribution in [0.15, 0.2) is 18.3 Å². The van der Waals surface area contributed by atoms with Gasteiger partial charge in [0.15, 0.2) is 0 Å². The highest BCUT2D eigenvalue weighted by molar-refractivity contribution is 5.69. The van der Waals surface area contributed by atoms with Gasteiger partial charge in [-0.15, -0.1) is 0 Å². The smallest absolute Gasteiger partial charge is 0.410 e. The van der Waals surface area contributed by atoms with Crippen LogP contribution in [0.3, 0.4) is 0 Å². The number of hydrogen-bond donors (Lipinski definition) is 1. The topological polar surface area (TPSA) is 62.7 Å². The average Bonchev–Trinajstić information content (AvgIpc) is 2.86. The Hall–Kier alpha value is -1.62. The van der Waals surface area contributed by atoms with Crippen LogP contribution in [0.2, 0.25) is 0 Å². The number of rotatable bonds is 2. The summed E-state index contributed by atoms with van der Waals surface area (Å²) in [5.74, 6) is 0. The van der Waals surface area contributed by atoms with Crippen molar-refractivity contribution in [2.75, 3.05) is 6.54 Å². The molecule has 1 atom stereocenters. The zero-order valence-electron chi connectivity index (χ0n) is 12.3. The van der Waals surface area contributed by atoms with Crippen LogP contribution in [-0.4, -0.2) is 33.2 Å². The lowest BCUT2D eigenvalue weighted by molar-refractivity contribution is 0.0224. The normalized spacial score (nSPS) is 19.2. The van der Waals surface area contributed by atoms with Crippen molar-refractivity contribution in [3.05, 3.63) is 29.6 Å². The summed E-state index contributed by atoms with van der Waals surface area (Å²) in [4.78, 5) is 18.1. The molecule has 0 saturated carbocycles. The standard InChI is InChI=1S/C15H22N2O3/c1-15(2,3)20-14(19)17-8-4-5-13(17)11-6-7-16-12(9-11)10-18/h6-7,9,13,18H,4-5,8,10H2,1-3H3. The lowest BCUT2D eigenvalue weighted by atomic mass is 10.1. The number of carbonyl (C=O) groups is 1. The lowest BCUT2D eigenvalue weighted by Gasteiger charge is -2.28. The fourth-order valence-corrected chi connectivity index (χ4v) is 2.44. The van der Waals surface area contributed by atoms with Crippen molar-refractivity contribution in [3.63, 3.8) is 0 Å². The second kappa shape index (κ2) is 5.79. The van der Waals surface area contributed by atoms with Crippen molar-refractivity contribution in [1.82, 2.24) is 9.88 Å². The number of hydrogen-bond acceptors (Lipinski definition) is 4. The number of aromatic nitrogens is 1. The van der Waals surface area contributed by atoms with E-state index in [0.717, 1.165) is 18.4 Å². The minimum atomic E-state index is -0.487. The van der Waals surface area contributed by atoms with E-state index in [0.29, 0.717) is 12.2 Å².